The lowest BCUT2D eigenvalue weighted by atomic mass is 10.0. The van der Waals surface area contributed by atoms with Gasteiger partial charge in [-0.05, 0) is 31.9 Å². The van der Waals surface area contributed by atoms with Gasteiger partial charge in [0, 0.05) is 0 Å². The van der Waals surface area contributed by atoms with E-state index < -0.39 is 6.04 Å². The molecule has 0 aliphatic rings. The van der Waals surface area contributed by atoms with Gasteiger partial charge in [0.2, 0.25) is 5.91 Å². The zero-order valence-electron chi connectivity index (χ0n) is 9.45. The molecule has 3 heteroatoms. The van der Waals surface area contributed by atoms with E-state index in [2.05, 4.69) is 5.32 Å². The number of nitrogens with two attached hydrogens (primary N) is 1. The van der Waals surface area contributed by atoms with Crippen molar-refractivity contribution in [3.05, 3.63) is 35.4 Å². The Labute approximate surface area is 90.7 Å². The highest BCUT2D eigenvalue weighted by atomic mass is 16.2. The second-order valence-corrected chi connectivity index (χ2v) is 3.88. The van der Waals surface area contributed by atoms with Crippen LogP contribution >= 0.6 is 0 Å². The van der Waals surface area contributed by atoms with Crippen LogP contribution in [0.25, 0.3) is 0 Å². The monoisotopic (exact) mass is 206 g/mol. The molecular formula is C12H18N2O. The van der Waals surface area contributed by atoms with Crippen molar-refractivity contribution in [1.82, 2.24) is 5.32 Å². The first-order valence-electron chi connectivity index (χ1n) is 5.14. The van der Waals surface area contributed by atoms with Gasteiger partial charge in [0.1, 0.15) is 0 Å². The summed E-state index contributed by atoms with van der Waals surface area (Å²) in [5.74, 6) is -0.120. The minimum absolute atomic E-state index is 0.00435. The van der Waals surface area contributed by atoms with Crippen LogP contribution in [0.4, 0.5) is 0 Å². The normalized spacial score (nSPS) is 14.4. The van der Waals surface area contributed by atoms with Crippen molar-refractivity contribution in [2.75, 3.05) is 0 Å². The fraction of sp³-hybridized carbons (Fsp3) is 0.417. The largest absolute Gasteiger partial charge is 0.348 e. The number of carbonyl (C=O) groups excluding carboxylic acids is 1. The fourth-order valence-electron chi connectivity index (χ4n) is 1.50. The van der Waals surface area contributed by atoms with Crippen LogP contribution in [-0.4, -0.2) is 11.9 Å². The van der Waals surface area contributed by atoms with Gasteiger partial charge in [-0.25, -0.2) is 0 Å². The number of rotatable bonds is 3. The molecule has 0 fully saturated rings. The average Bonchev–Trinajstić information content (AvgIpc) is 2.18. The Hall–Kier alpha value is -1.35. The van der Waals surface area contributed by atoms with Crippen molar-refractivity contribution in [3.63, 3.8) is 0 Å². The van der Waals surface area contributed by atoms with Crippen LogP contribution in [0.15, 0.2) is 24.3 Å². The predicted molar refractivity (Wildman–Crippen MR) is 61.4 cm³/mol. The molecule has 1 aromatic carbocycles. The van der Waals surface area contributed by atoms with E-state index in [1.54, 1.807) is 6.92 Å². The molecule has 3 N–H and O–H groups in total. The zero-order valence-corrected chi connectivity index (χ0v) is 9.45. The van der Waals surface area contributed by atoms with Crippen LogP contribution in [0.3, 0.4) is 0 Å². The lowest BCUT2D eigenvalue weighted by molar-refractivity contribution is -0.122. The Balaban J connectivity index is 2.73. The molecule has 0 radical (unpaired) electrons. The van der Waals surface area contributed by atoms with Gasteiger partial charge in [-0.1, -0.05) is 24.3 Å². The van der Waals surface area contributed by atoms with Crippen LogP contribution in [0.1, 0.15) is 31.0 Å². The molecule has 0 saturated heterocycles. The average molecular weight is 206 g/mol. The Morgan fingerprint density at radius 1 is 1.33 bits per heavy atom. The molecule has 82 valence electrons. The van der Waals surface area contributed by atoms with Crippen LogP contribution < -0.4 is 11.1 Å². The van der Waals surface area contributed by atoms with E-state index in [-0.39, 0.29) is 11.9 Å². The maximum Gasteiger partial charge on any atom is 0.237 e. The number of nitrogens with one attached hydrogen (secondary N) is 1. The number of hydrogen-bond donors (Lipinski definition) is 2. The minimum atomic E-state index is -0.462. The topological polar surface area (TPSA) is 55.1 Å². The summed E-state index contributed by atoms with van der Waals surface area (Å²) >= 11 is 0. The lowest BCUT2D eigenvalue weighted by Gasteiger charge is -2.17. The summed E-state index contributed by atoms with van der Waals surface area (Å²) < 4.78 is 0. The molecule has 0 bridgehead atoms. The van der Waals surface area contributed by atoms with Gasteiger partial charge in [-0.3, -0.25) is 4.79 Å². The molecule has 1 unspecified atom stereocenters. The second kappa shape index (κ2) is 4.94. The number of hydrogen-bond acceptors (Lipinski definition) is 2. The Kier molecular flexibility index (Phi) is 3.86. The number of benzene rings is 1. The highest BCUT2D eigenvalue weighted by molar-refractivity contribution is 5.81. The standard InChI is InChI=1S/C12H18N2O/c1-8-6-4-5-7-11(8)10(3)14-12(15)9(2)13/h4-7,9-10H,13H2,1-3H3,(H,14,15)/t9?,10-/m1/s1. The van der Waals surface area contributed by atoms with Crippen LogP contribution in [0.5, 0.6) is 0 Å². The number of amides is 1. The molecule has 2 atom stereocenters. The van der Waals surface area contributed by atoms with Gasteiger partial charge < -0.3 is 11.1 Å². The molecule has 3 nitrogen and oxygen atoms in total. The second-order valence-electron chi connectivity index (χ2n) is 3.88. The minimum Gasteiger partial charge on any atom is -0.348 e. The zero-order chi connectivity index (χ0) is 11.4. The first-order valence-corrected chi connectivity index (χ1v) is 5.14. The molecule has 0 aliphatic heterocycles. The fourth-order valence-corrected chi connectivity index (χ4v) is 1.50. The third-order valence-electron chi connectivity index (χ3n) is 2.43. The van der Waals surface area contributed by atoms with Gasteiger partial charge in [0.05, 0.1) is 12.1 Å². The Morgan fingerprint density at radius 2 is 1.93 bits per heavy atom. The third-order valence-corrected chi connectivity index (χ3v) is 2.43. The Bertz CT molecular complexity index is 347. The quantitative estimate of drug-likeness (QED) is 0.787. The number of carbonyl (C=O) groups is 1. The highest BCUT2D eigenvalue weighted by Gasteiger charge is 2.13. The van der Waals surface area contributed by atoms with Gasteiger partial charge in [0.25, 0.3) is 0 Å². The highest BCUT2D eigenvalue weighted by Crippen LogP contribution is 2.16. The van der Waals surface area contributed by atoms with Crippen LogP contribution in [-0.2, 0) is 4.79 Å². The summed E-state index contributed by atoms with van der Waals surface area (Å²) in [6, 6.07) is 7.54. The van der Waals surface area contributed by atoms with E-state index >= 15 is 0 Å². The van der Waals surface area contributed by atoms with E-state index in [1.165, 1.54) is 5.56 Å². The predicted octanol–water partition coefficient (Wildman–Crippen LogP) is 1.52. The van der Waals surface area contributed by atoms with Crippen molar-refractivity contribution in [3.8, 4) is 0 Å². The lowest BCUT2D eigenvalue weighted by Crippen LogP contribution is -2.39. The molecule has 0 spiro atoms. The van der Waals surface area contributed by atoms with Gasteiger partial charge in [0.15, 0.2) is 0 Å². The summed E-state index contributed by atoms with van der Waals surface area (Å²) in [6.45, 7) is 5.67. The van der Waals surface area contributed by atoms with Gasteiger partial charge >= 0.3 is 0 Å². The maximum absolute atomic E-state index is 11.4. The smallest absolute Gasteiger partial charge is 0.237 e. The van der Waals surface area contributed by atoms with Crippen LogP contribution in [0, 0.1) is 6.92 Å². The maximum atomic E-state index is 11.4. The van der Waals surface area contributed by atoms with Crippen molar-refractivity contribution < 1.29 is 4.79 Å². The Morgan fingerprint density at radius 3 is 2.47 bits per heavy atom. The summed E-state index contributed by atoms with van der Waals surface area (Å²) in [4.78, 5) is 11.4. The number of aryl methyl sites for hydroxylation is 1. The first-order chi connectivity index (χ1) is 7.02. The van der Waals surface area contributed by atoms with Gasteiger partial charge in [-0.2, -0.15) is 0 Å². The van der Waals surface area contributed by atoms with E-state index in [4.69, 9.17) is 5.73 Å². The van der Waals surface area contributed by atoms with Crippen molar-refractivity contribution in [2.45, 2.75) is 32.9 Å². The molecule has 1 aromatic rings. The van der Waals surface area contributed by atoms with Crippen LogP contribution in [0.2, 0.25) is 0 Å². The molecule has 0 saturated carbocycles. The van der Waals surface area contributed by atoms with E-state index in [9.17, 15) is 4.79 Å². The first kappa shape index (κ1) is 11.7. The molecule has 0 heterocycles. The summed E-state index contributed by atoms with van der Waals surface area (Å²) in [5.41, 5.74) is 7.80. The van der Waals surface area contributed by atoms with Gasteiger partial charge in [-0.15, -0.1) is 0 Å². The molecule has 1 rings (SSSR count). The van der Waals surface area contributed by atoms with Crippen molar-refractivity contribution in [2.24, 2.45) is 5.73 Å². The van der Waals surface area contributed by atoms with Crippen molar-refractivity contribution in [1.29, 1.82) is 0 Å². The molecule has 1 amide bonds. The molecule has 15 heavy (non-hydrogen) atoms. The van der Waals surface area contributed by atoms with E-state index in [0.29, 0.717) is 0 Å². The molecule has 0 aromatic heterocycles. The molecular weight excluding hydrogens is 188 g/mol. The van der Waals surface area contributed by atoms with E-state index in [0.717, 1.165) is 5.56 Å². The van der Waals surface area contributed by atoms with Crippen molar-refractivity contribution >= 4 is 5.91 Å². The molecule has 0 aliphatic carbocycles. The summed E-state index contributed by atoms with van der Waals surface area (Å²) in [7, 11) is 0. The third kappa shape index (κ3) is 3.06. The summed E-state index contributed by atoms with van der Waals surface area (Å²) in [6.07, 6.45) is 0. The summed E-state index contributed by atoms with van der Waals surface area (Å²) in [5, 5.41) is 2.87. The SMILES string of the molecule is Cc1ccccc1[C@@H](C)NC(=O)C(C)N. The van der Waals surface area contributed by atoms with E-state index in [1.807, 2.05) is 38.1 Å².